The number of rotatable bonds is 1. The molecule has 0 saturated heterocycles. The van der Waals surface area contributed by atoms with Crippen molar-refractivity contribution in [2.45, 2.75) is 0 Å². The van der Waals surface area contributed by atoms with Gasteiger partial charge in [0.1, 0.15) is 0 Å². The van der Waals surface area contributed by atoms with Crippen LogP contribution in [0.25, 0.3) is 5.00 Å². The largest absolute Gasteiger partial charge is 0.316 e. The highest BCUT2D eigenvalue weighted by Gasteiger charge is 1.91. The van der Waals surface area contributed by atoms with E-state index in [0.29, 0.717) is 0 Å². The summed E-state index contributed by atoms with van der Waals surface area (Å²) in [6.45, 7) is 0. The summed E-state index contributed by atoms with van der Waals surface area (Å²) < 4.78 is 2.10. The van der Waals surface area contributed by atoms with Gasteiger partial charge in [-0.15, -0.1) is 11.3 Å². The first kappa shape index (κ1) is 10.2. The van der Waals surface area contributed by atoms with E-state index in [0.717, 1.165) is 0 Å². The molecule has 0 amide bonds. The first-order valence-electron chi connectivity index (χ1n) is 4.61. The van der Waals surface area contributed by atoms with Crippen LogP contribution < -0.4 is 0 Å². The fourth-order valence-electron chi connectivity index (χ4n) is 1.13. The van der Waals surface area contributed by atoms with E-state index < -0.39 is 0 Å². The zero-order valence-corrected chi connectivity index (χ0v) is 9.75. The Hall–Kier alpha value is -1.32. The van der Waals surface area contributed by atoms with Crippen LogP contribution in [0, 0.1) is 0 Å². The number of thiophene rings is 2. The summed E-state index contributed by atoms with van der Waals surface area (Å²) in [6.07, 6.45) is 4.09. The molecule has 3 aromatic heterocycles. The number of hydrogen-bond donors (Lipinski definition) is 0. The highest BCUT2D eigenvalue weighted by molar-refractivity contribution is 7.12. The molecule has 0 aromatic carbocycles. The van der Waals surface area contributed by atoms with Crippen molar-refractivity contribution in [3.8, 4) is 5.00 Å². The monoisotopic (exact) mass is 233 g/mol. The fraction of sp³-hybridized carbons (Fsp3) is 0. The van der Waals surface area contributed by atoms with Crippen molar-refractivity contribution in [2.24, 2.45) is 0 Å². The van der Waals surface area contributed by atoms with Gasteiger partial charge in [-0.05, 0) is 40.4 Å². The maximum atomic E-state index is 2.10. The average molecular weight is 233 g/mol. The van der Waals surface area contributed by atoms with Crippen molar-refractivity contribution in [1.29, 1.82) is 0 Å². The second-order valence-corrected chi connectivity index (χ2v) is 4.58. The Bertz CT molecular complexity index is 388. The molecular formula is C12H11NS2. The number of nitrogens with zero attached hydrogens (tertiary/aromatic N) is 1. The standard InChI is InChI=1S/C8H7NS.C4H4S/c1-2-6-9(5-1)8-4-3-7-10-8;1-2-4-5-3-1/h1-7H;1-4H. The van der Waals surface area contributed by atoms with E-state index in [2.05, 4.69) is 22.1 Å². The topological polar surface area (TPSA) is 4.93 Å². The van der Waals surface area contributed by atoms with Crippen molar-refractivity contribution < 1.29 is 0 Å². The number of aromatic nitrogens is 1. The zero-order valence-electron chi connectivity index (χ0n) is 8.11. The molecule has 0 aliphatic heterocycles. The van der Waals surface area contributed by atoms with E-state index in [4.69, 9.17) is 0 Å². The third-order valence-electron chi connectivity index (χ3n) is 1.79. The Morgan fingerprint density at radius 3 is 2.00 bits per heavy atom. The molecule has 0 atom stereocenters. The Labute approximate surface area is 97.3 Å². The quantitative estimate of drug-likeness (QED) is 0.591. The Kier molecular flexibility index (Phi) is 3.77. The average Bonchev–Trinajstić information content (AvgIpc) is 3.06. The lowest BCUT2D eigenvalue weighted by molar-refractivity contribution is 1.11. The summed E-state index contributed by atoms with van der Waals surface area (Å²) in [6, 6.07) is 12.2. The number of hydrogen-bond acceptors (Lipinski definition) is 2. The van der Waals surface area contributed by atoms with E-state index in [1.54, 1.807) is 22.7 Å². The molecule has 0 spiro atoms. The minimum atomic E-state index is 1.27. The lowest BCUT2D eigenvalue weighted by atomic mass is 10.6. The third kappa shape index (κ3) is 3.08. The minimum Gasteiger partial charge on any atom is -0.316 e. The van der Waals surface area contributed by atoms with Gasteiger partial charge in [0.2, 0.25) is 0 Å². The molecule has 3 rings (SSSR count). The van der Waals surface area contributed by atoms with Crippen molar-refractivity contribution >= 4 is 22.7 Å². The summed E-state index contributed by atoms with van der Waals surface area (Å²) in [7, 11) is 0. The molecule has 0 N–H and O–H groups in total. The Morgan fingerprint density at radius 2 is 1.53 bits per heavy atom. The summed E-state index contributed by atoms with van der Waals surface area (Å²) in [5.74, 6) is 0. The predicted octanol–water partition coefficient (Wildman–Crippen LogP) is 4.29. The Balaban J connectivity index is 0.000000144. The summed E-state index contributed by atoms with van der Waals surface area (Å²) >= 11 is 3.46. The maximum Gasteiger partial charge on any atom is 0.0989 e. The van der Waals surface area contributed by atoms with Gasteiger partial charge >= 0.3 is 0 Å². The van der Waals surface area contributed by atoms with E-state index in [-0.39, 0.29) is 0 Å². The molecule has 15 heavy (non-hydrogen) atoms. The van der Waals surface area contributed by atoms with Crippen molar-refractivity contribution in [2.75, 3.05) is 0 Å². The van der Waals surface area contributed by atoms with Crippen LogP contribution in [0.3, 0.4) is 0 Å². The molecule has 1 nitrogen and oxygen atoms in total. The highest BCUT2D eigenvalue weighted by Crippen LogP contribution is 2.13. The second kappa shape index (κ2) is 5.53. The van der Waals surface area contributed by atoms with Crippen molar-refractivity contribution in [3.63, 3.8) is 0 Å². The van der Waals surface area contributed by atoms with E-state index >= 15 is 0 Å². The van der Waals surface area contributed by atoms with Gasteiger partial charge in [-0.1, -0.05) is 12.1 Å². The van der Waals surface area contributed by atoms with Gasteiger partial charge < -0.3 is 4.57 Å². The first-order valence-corrected chi connectivity index (χ1v) is 6.43. The molecule has 0 radical (unpaired) electrons. The minimum absolute atomic E-state index is 1.27. The second-order valence-electron chi connectivity index (χ2n) is 2.83. The summed E-state index contributed by atoms with van der Waals surface area (Å²) in [4.78, 5) is 0. The first-order chi connectivity index (χ1) is 7.47. The zero-order chi connectivity index (χ0) is 10.3. The fourth-order valence-corrected chi connectivity index (χ4v) is 2.28. The van der Waals surface area contributed by atoms with Crippen LogP contribution in [0.1, 0.15) is 0 Å². The Morgan fingerprint density at radius 1 is 0.800 bits per heavy atom. The third-order valence-corrected chi connectivity index (χ3v) is 3.30. The van der Waals surface area contributed by atoms with E-state index in [1.165, 1.54) is 5.00 Å². The summed E-state index contributed by atoms with van der Waals surface area (Å²) in [5, 5.41) is 7.43. The van der Waals surface area contributed by atoms with Gasteiger partial charge in [0.25, 0.3) is 0 Å². The van der Waals surface area contributed by atoms with Gasteiger partial charge in [-0.2, -0.15) is 11.3 Å². The van der Waals surface area contributed by atoms with Gasteiger partial charge in [-0.25, -0.2) is 0 Å². The SMILES string of the molecule is c1ccsc1.c1csc(-n2cccc2)c1. The smallest absolute Gasteiger partial charge is 0.0989 e. The highest BCUT2D eigenvalue weighted by atomic mass is 32.1. The molecule has 3 aromatic rings. The lowest BCUT2D eigenvalue weighted by Gasteiger charge is -1.93. The van der Waals surface area contributed by atoms with Gasteiger partial charge in [0.15, 0.2) is 0 Å². The van der Waals surface area contributed by atoms with Gasteiger partial charge in [0.05, 0.1) is 5.00 Å². The molecule has 0 aliphatic carbocycles. The molecule has 0 unspecified atom stereocenters. The van der Waals surface area contributed by atoms with Crippen LogP contribution in [0.4, 0.5) is 0 Å². The van der Waals surface area contributed by atoms with Crippen LogP contribution in [0.2, 0.25) is 0 Å². The van der Waals surface area contributed by atoms with Crippen LogP contribution >= 0.6 is 22.7 Å². The van der Waals surface area contributed by atoms with Gasteiger partial charge in [0, 0.05) is 12.4 Å². The molecular weight excluding hydrogens is 222 g/mol. The van der Waals surface area contributed by atoms with Crippen LogP contribution in [-0.4, -0.2) is 4.57 Å². The normalized spacial score (nSPS) is 9.33. The maximum absolute atomic E-state index is 2.10. The molecule has 0 aliphatic rings. The molecule has 0 saturated carbocycles. The molecule has 3 heteroatoms. The van der Waals surface area contributed by atoms with E-state index in [9.17, 15) is 0 Å². The van der Waals surface area contributed by atoms with Crippen LogP contribution in [-0.2, 0) is 0 Å². The van der Waals surface area contributed by atoms with E-state index in [1.807, 2.05) is 47.4 Å². The van der Waals surface area contributed by atoms with Crippen LogP contribution in [0.5, 0.6) is 0 Å². The molecule has 0 bridgehead atoms. The molecule has 3 heterocycles. The molecule has 76 valence electrons. The van der Waals surface area contributed by atoms with Crippen molar-refractivity contribution in [1.82, 2.24) is 4.57 Å². The van der Waals surface area contributed by atoms with Crippen molar-refractivity contribution in [3.05, 3.63) is 64.9 Å². The molecule has 0 fully saturated rings. The van der Waals surface area contributed by atoms with Crippen LogP contribution in [0.15, 0.2) is 64.9 Å². The van der Waals surface area contributed by atoms with Gasteiger partial charge in [-0.3, -0.25) is 0 Å². The summed E-state index contributed by atoms with van der Waals surface area (Å²) in [5.41, 5.74) is 0. The lowest BCUT2D eigenvalue weighted by Crippen LogP contribution is -1.81. The predicted molar refractivity (Wildman–Crippen MR) is 68.0 cm³/mol.